The number of rotatable bonds is 10. The molecule has 0 radical (unpaired) electrons. The average Bonchev–Trinajstić information content (AvgIpc) is 3.55. The van der Waals surface area contributed by atoms with Gasteiger partial charge in [0.1, 0.15) is 11.2 Å². The molecule has 7 heteroatoms. The third-order valence-electron chi connectivity index (χ3n) is 10.0. The van der Waals surface area contributed by atoms with E-state index in [1.165, 1.54) is 23.3 Å². The molecule has 0 unspecified atom stereocenters. The molecule has 6 nitrogen and oxygen atoms in total. The molecule has 1 N–H and O–H groups in total. The van der Waals surface area contributed by atoms with E-state index in [2.05, 4.69) is 75.8 Å². The van der Waals surface area contributed by atoms with Gasteiger partial charge in [-0.1, -0.05) is 73.2 Å². The van der Waals surface area contributed by atoms with Crippen LogP contribution in [0.2, 0.25) is 0 Å². The molecule has 3 aliphatic rings. The van der Waals surface area contributed by atoms with Gasteiger partial charge in [-0.3, -0.25) is 14.5 Å². The fraction of sp³-hybridized carbons (Fsp3) is 0.333. The van der Waals surface area contributed by atoms with Crippen molar-refractivity contribution in [3.8, 4) is 11.1 Å². The van der Waals surface area contributed by atoms with Crippen LogP contribution < -0.4 is 10.2 Å². The maximum Gasteiger partial charge on any atom is 0.254 e. The summed E-state index contributed by atoms with van der Waals surface area (Å²) < 4.78 is 13.7. The van der Waals surface area contributed by atoms with Crippen LogP contribution in [0, 0.1) is 5.82 Å². The molecule has 4 aromatic carbocycles. The molecule has 236 valence electrons. The zero-order valence-corrected chi connectivity index (χ0v) is 26.5. The quantitative estimate of drug-likeness (QED) is 0.210. The van der Waals surface area contributed by atoms with Crippen LogP contribution in [0.1, 0.15) is 58.8 Å². The van der Waals surface area contributed by atoms with Crippen molar-refractivity contribution in [3.05, 3.63) is 125 Å². The van der Waals surface area contributed by atoms with Crippen molar-refractivity contribution in [1.82, 2.24) is 15.1 Å². The molecule has 1 fully saturated rings. The largest absolute Gasteiger partial charge is 0.369 e. The van der Waals surface area contributed by atoms with Gasteiger partial charge in [-0.25, -0.2) is 4.39 Å². The Morgan fingerprint density at radius 2 is 1.54 bits per heavy atom. The number of likely N-dealkylation sites (N-methyl/N-ethyl adjacent to an activating group) is 1. The van der Waals surface area contributed by atoms with Gasteiger partial charge < -0.3 is 15.1 Å². The van der Waals surface area contributed by atoms with Crippen LogP contribution in [-0.4, -0.2) is 60.9 Å². The minimum atomic E-state index is -0.653. The summed E-state index contributed by atoms with van der Waals surface area (Å²) >= 11 is 0. The van der Waals surface area contributed by atoms with Crippen molar-refractivity contribution in [3.63, 3.8) is 0 Å². The van der Waals surface area contributed by atoms with Gasteiger partial charge >= 0.3 is 0 Å². The number of carbonyl (C=O) groups excluding carboxylic acids is 2. The van der Waals surface area contributed by atoms with E-state index in [1.807, 2.05) is 19.1 Å². The van der Waals surface area contributed by atoms with Gasteiger partial charge in [-0.2, -0.15) is 0 Å². The number of benzene rings is 4. The fourth-order valence-corrected chi connectivity index (χ4v) is 7.75. The molecule has 2 aliphatic heterocycles. The average molecular weight is 617 g/mol. The lowest BCUT2D eigenvalue weighted by Gasteiger charge is -2.36. The van der Waals surface area contributed by atoms with Crippen LogP contribution in [0.5, 0.6) is 0 Å². The Labute approximate surface area is 270 Å². The van der Waals surface area contributed by atoms with Gasteiger partial charge in [0.25, 0.3) is 5.91 Å². The molecule has 0 bridgehead atoms. The highest BCUT2D eigenvalue weighted by molar-refractivity contribution is 6.01. The second-order valence-corrected chi connectivity index (χ2v) is 12.8. The van der Waals surface area contributed by atoms with E-state index in [4.69, 9.17) is 0 Å². The fourth-order valence-electron chi connectivity index (χ4n) is 7.75. The lowest BCUT2D eigenvalue weighted by molar-refractivity contribution is -0.125. The van der Waals surface area contributed by atoms with Gasteiger partial charge in [0.2, 0.25) is 5.91 Å². The van der Waals surface area contributed by atoms with Crippen LogP contribution in [0.3, 0.4) is 0 Å². The maximum atomic E-state index is 13.8. The van der Waals surface area contributed by atoms with E-state index in [9.17, 15) is 14.0 Å². The van der Waals surface area contributed by atoms with E-state index in [0.717, 1.165) is 85.5 Å². The van der Waals surface area contributed by atoms with E-state index >= 15 is 0 Å². The molecular weight excluding hydrogens is 575 g/mol. The summed E-state index contributed by atoms with van der Waals surface area (Å²) in [5.74, 6) is -0.166. The number of nitrogens with one attached hydrogen (secondary N) is 1. The number of fused-ring (bicyclic) bond motifs is 4. The number of hydrogen-bond acceptors (Lipinski definition) is 4. The Hall–Kier alpha value is -4.49. The molecule has 0 spiro atoms. The van der Waals surface area contributed by atoms with Crippen LogP contribution in [0.15, 0.2) is 91.0 Å². The Morgan fingerprint density at radius 3 is 2.24 bits per heavy atom. The van der Waals surface area contributed by atoms with Crippen molar-refractivity contribution in [2.75, 3.05) is 44.2 Å². The molecule has 1 aliphatic carbocycles. The van der Waals surface area contributed by atoms with Gasteiger partial charge in [-0.05, 0) is 84.0 Å². The number of amides is 2. The van der Waals surface area contributed by atoms with Crippen LogP contribution in [0.25, 0.3) is 11.1 Å². The summed E-state index contributed by atoms with van der Waals surface area (Å²) in [4.78, 5) is 33.7. The smallest absolute Gasteiger partial charge is 0.254 e. The van der Waals surface area contributed by atoms with E-state index < -0.39 is 5.41 Å². The molecule has 0 aromatic heterocycles. The maximum absolute atomic E-state index is 13.8. The number of carbonyl (C=O) groups is 2. The Morgan fingerprint density at radius 1 is 0.826 bits per heavy atom. The number of unbranched alkanes of at least 4 members (excludes halogenated alkanes) is 1. The van der Waals surface area contributed by atoms with Crippen molar-refractivity contribution >= 4 is 17.5 Å². The summed E-state index contributed by atoms with van der Waals surface area (Å²) in [6.45, 7) is 8.30. The molecule has 4 aromatic rings. The van der Waals surface area contributed by atoms with E-state index in [0.29, 0.717) is 19.6 Å². The third kappa shape index (κ3) is 5.47. The van der Waals surface area contributed by atoms with Crippen molar-refractivity contribution in [2.45, 2.75) is 44.7 Å². The number of halogens is 1. The van der Waals surface area contributed by atoms with Crippen LogP contribution in [0.4, 0.5) is 10.1 Å². The normalized spacial score (nSPS) is 16.7. The second-order valence-electron chi connectivity index (χ2n) is 12.8. The van der Waals surface area contributed by atoms with Gasteiger partial charge in [-0.15, -0.1) is 0 Å². The topological polar surface area (TPSA) is 55.9 Å². The minimum absolute atomic E-state index is 0.0117. The number of piperazine rings is 1. The van der Waals surface area contributed by atoms with Crippen molar-refractivity contribution in [2.24, 2.45) is 0 Å². The molecule has 2 amide bonds. The predicted octanol–water partition coefficient (Wildman–Crippen LogP) is 6.38. The summed E-state index contributed by atoms with van der Waals surface area (Å²) in [6, 6.07) is 29.5. The molecule has 2 heterocycles. The number of nitrogens with zero attached hydrogens (tertiary/aromatic N) is 3. The Kier molecular flexibility index (Phi) is 8.34. The van der Waals surface area contributed by atoms with Crippen molar-refractivity contribution < 1.29 is 14.0 Å². The van der Waals surface area contributed by atoms with Crippen LogP contribution >= 0.6 is 0 Å². The highest BCUT2D eigenvalue weighted by atomic mass is 19.1. The number of hydrogen-bond donors (Lipinski definition) is 1. The highest BCUT2D eigenvalue weighted by Gasteiger charge is 2.48. The Balaban J connectivity index is 0.952. The lowest BCUT2D eigenvalue weighted by atomic mass is 9.73. The molecule has 7 rings (SSSR count). The zero-order valence-electron chi connectivity index (χ0n) is 26.5. The highest BCUT2D eigenvalue weighted by Crippen LogP contribution is 2.51. The summed E-state index contributed by atoms with van der Waals surface area (Å²) in [5.41, 5.74) is 7.62. The van der Waals surface area contributed by atoms with Crippen molar-refractivity contribution in [1.29, 1.82) is 0 Å². The van der Waals surface area contributed by atoms with E-state index in [-0.39, 0.29) is 17.6 Å². The first-order valence-electron chi connectivity index (χ1n) is 16.6. The summed E-state index contributed by atoms with van der Waals surface area (Å²) in [7, 11) is 0. The monoisotopic (exact) mass is 616 g/mol. The first-order valence-corrected chi connectivity index (χ1v) is 16.6. The van der Waals surface area contributed by atoms with Gasteiger partial charge in [0.15, 0.2) is 0 Å². The second kappa shape index (κ2) is 12.7. The molecule has 0 saturated carbocycles. The zero-order chi connectivity index (χ0) is 31.7. The molecule has 1 saturated heterocycles. The standard InChI is InChI=1S/C39H41FN4O2/c1-2-41-38(46)39(35-14-5-3-12-32(35)33-13-4-6-15-36(33)39)18-7-8-19-42-20-22-43(23-21-42)31-17-16-29-27-44(37(45)34(29)25-31)26-28-10-9-11-30(40)24-28/h3-6,9-17,24-25H,2,7-8,18-23,26-27H2,1H3,(H,41,46). The summed E-state index contributed by atoms with van der Waals surface area (Å²) in [5, 5.41) is 3.16. The minimum Gasteiger partial charge on any atom is -0.369 e. The predicted molar refractivity (Wildman–Crippen MR) is 180 cm³/mol. The first kappa shape index (κ1) is 30.2. The van der Waals surface area contributed by atoms with E-state index in [1.54, 1.807) is 11.0 Å². The third-order valence-corrected chi connectivity index (χ3v) is 10.0. The Bertz CT molecular complexity index is 1720. The molecule has 46 heavy (non-hydrogen) atoms. The first-order chi connectivity index (χ1) is 22.5. The lowest BCUT2D eigenvalue weighted by Crippen LogP contribution is -2.47. The van der Waals surface area contributed by atoms with Crippen LogP contribution in [-0.2, 0) is 23.3 Å². The SMILES string of the molecule is CCNC(=O)C1(CCCCN2CCN(c3ccc4c(c3)C(=O)N(Cc3cccc(F)c3)C4)CC2)c2ccccc2-c2ccccc21. The summed E-state index contributed by atoms with van der Waals surface area (Å²) in [6.07, 6.45) is 2.77. The number of anilines is 1. The van der Waals surface area contributed by atoms with Gasteiger partial charge in [0, 0.05) is 57.1 Å². The molecule has 0 atom stereocenters. The molecular formula is C39H41FN4O2. The van der Waals surface area contributed by atoms with Gasteiger partial charge in [0.05, 0.1) is 0 Å².